The van der Waals surface area contributed by atoms with Gasteiger partial charge in [0.25, 0.3) is 0 Å². The molecular formula is C12H13NO3S. The minimum absolute atomic E-state index is 0.222. The van der Waals surface area contributed by atoms with Crippen LogP contribution in [0, 0.1) is 0 Å². The number of hydrogen-bond donors (Lipinski definition) is 2. The van der Waals surface area contributed by atoms with Crippen LogP contribution in [-0.4, -0.2) is 32.5 Å². The highest BCUT2D eigenvalue weighted by molar-refractivity contribution is 8.14. The summed E-state index contributed by atoms with van der Waals surface area (Å²) in [5, 5.41) is 19.4. The van der Waals surface area contributed by atoms with Crippen molar-refractivity contribution in [2.75, 3.05) is 5.75 Å². The molecule has 2 rings (SSSR count). The molecule has 17 heavy (non-hydrogen) atoms. The number of aliphatic carboxylic acids is 1. The molecule has 2 N–H and O–H groups in total. The first-order valence-electron chi connectivity index (χ1n) is 5.23. The van der Waals surface area contributed by atoms with Gasteiger partial charge in [-0.25, -0.2) is 4.79 Å². The van der Waals surface area contributed by atoms with Gasteiger partial charge < -0.3 is 10.2 Å². The van der Waals surface area contributed by atoms with Gasteiger partial charge in [0.05, 0.1) is 5.04 Å². The molecule has 1 atom stereocenters. The van der Waals surface area contributed by atoms with Crippen LogP contribution in [0.25, 0.3) is 0 Å². The van der Waals surface area contributed by atoms with Crippen molar-refractivity contribution >= 4 is 22.8 Å². The molecule has 90 valence electrons. The molecule has 0 amide bonds. The number of phenolic OH excluding ortho intramolecular Hbond substituents is 1. The molecule has 5 heteroatoms. The summed E-state index contributed by atoms with van der Waals surface area (Å²) in [6.07, 6.45) is 0.486. The summed E-state index contributed by atoms with van der Waals surface area (Å²) in [5.74, 6) is -0.234. The van der Waals surface area contributed by atoms with Crippen molar-refractivity contribution in [2.24, 2.45) is 4.99 Å². The Morgan fingerprint density at radius 2 is 2.24 bits per heavy atom. The second-order valence-corrected chi connectivity index (χ2v) is 5.23. The summed E-state index contributed by atoms with van der Waals surface area (Å²) in [6, 6.07) is 7.02. The Morgan fingerprint density at radius 3 is 2.82 bits per heavy atom. The number of carboxylic acids is 1. The van der Waals surface area contributed by atoms with Gasteiger partial charge >= 0.3 is 5.97 Å². The lowest BCUT2D eigenvalue weighted by atomic mass is 10.1. The van der Waals surface area contributed by atoms with Crippen LogP contribution in [0.5, 0.6) is 5.75 Å². The summed E-state index contributed by atoms with van der Waals surface area (Å²) in [7, 11) is 0. The lowest BCUT2D eigenvalue weighted by Gasteiger charge is -2.11. The molecular weight excluding hydrogens is 238 g/mol. The molecule has 1 aromatic carbocycles. The van der Waals surface area contributed by atoms with Crippen LogP contribution < -0.4 is 0 Å². The quantitative estimate of drug-likeness (QED) is 0.861. The zero-order chi connectivity index (χ0) is 12.5. The van der Waals surface area contributed by atoms with Crippen molar-refractivity contribution < 1.29 is 15.0 Å². The van der Waals surface area contributed by atoms with Crippen molar-refractivity contribution in [1.29, 1.82) is 0 Å². The normalized spacial score (nSPS) is 23.5. The highest BCUT2D eigenvalue weighted by Gasteiger charge is 2.38. The van der Waals surface area contributed by atoms with E-state index in [0.29, 0.717) is 12.2 Å². The largest absolute Gasteiger partial charge is 0.508 e. The fraction of sp³-hybridized carbons (Fsp3) is 0.333. The monoisotopic (exact) mass is 251 g/mol. The maximum atomic E-state index is 11.0. The average molecular weight is 251 g/mol. The van der Waals surface area contributed by atoms with Crippen molar-refractivity contribution in [1.82, 2.24) is 0 Å². The maximum absolute atomic E-state index is 11.0. The topological polar surface area (TPSA) is 69.9 Å². The third kappa shape index (κ3) is 2.44. The van der Waals surface area contributed by atoms with E-state index in [9.17, 15) is 9.90 Å². The minimum Gasteiger partial charge on any atom is -0.508 e. The Labute approximate surface area is 103 Å². The molecule has 1 aromatic rings. The van der Waals surface area contributed by atoms with Crippen LogP contribution in [0.3, 0.4) is 0 Å². The van der Waals surface area contributed by atoms with Crippen LogP contribution in [-0.2, 0) is 11.2 Å². The lowest BCUT2D eigenvalue weighted by molar-refractivity contribution is -0.141. The van der Waals surface area contributed by atoms with Gasteiger partial charge in [0.1, 0.15) is 5.75 Å². The number of carboxylic acid groups (broad SMARTS) is 1. The van der Waals surface area contributed by atoms with Crippen LogP contribution in [0.15, 0.2) is 29.3 Å². The van der Waals surface area contributed by atoms with Crippen molar-refractivity contribution in [3.05, 3.63) is 29.8 Å². The molecule has 1 heterocycles. The fourth-order valence-electron chi connectivity index (χ4n) is 1.59. The third-order valence-corrected chi connectivity index (χ3v) is 3.96. The lowest BCUT2D eigenvalue weighted by Crippen LogP contribution is -2.33. The molecule has 0 fully saturated rings. The first-order chi connectivity index (χ1) is 8.01. The van der Waals surface area contributed by atoms with E-state index in [1.54, 1.807) is 19.1 Å². The third-order valence-electron chi connectivity index (χ3n) is 2.69. The average Bonchev–Trinajstić information content (AvgIpc) is 2.65. The number of aliphatic imine (C=N–C) groups is 1. The summed E-state index contributed by atoms with van der Waals surface area (Å²) < 4.78 is 0. The van der Waals surface area contributed by atoms with Crippen LogP contribution in [0.2, 0.25) is 0 Å². The first kappa shape index (κ1) is 12.0. The Balaban J connectivity index is 2.17. The Kier molecular flexibility index (Phi) is 3.11. The number of aromatic hydroxyl groups is 1. The molecule has 0 spiro atoms. The highest BCUT2D eigenvalue weighted by atomic mass is 32.2. The predicted octanol–water partition coefficient (Wildman–Crippen LogP) is 1.92. The molecule has 0 saturated heterocycles. The number of nitrogens with zero attached hydrogens (tertiary/aromatic N) is 1. The predicted molar refractivity (Wildman–Crippen MR) is 67.7 cm³/mol. The SMILES string of the molecule is CC1(C(=O)O)CSC(Cc2ccccc2O)=N1. The van der Waals surface area contributed by atoms with E-state index >= 15 is 0 Å². The number of phenols is 1. The molecule has 0 aliphatic carbocycles. The van der Waals surface area contributed by atoms with Gasteiger partial charge in [0.2, 0.25) is 0 Å². The highest BCUT2D eigenvalue weighted by Crippen LogP contribution is 2.30. The van der Waals surface area contributed by atoms with E-state index < -0.39 is 11.5 Å². The van der Waals surface area contributed by atoms with Crippen LogP contribution in [0.1, 0.15) is 12.5 Å². The Morgan fingerprint density at radius 1 is 1.53 bits per heavy atom. The zero-order valence-corrected chi connectivity index (χ0v) is 10.2. The second-order valence-electron chi connectivity index (χ2n) is 4.18. The fourth-order valence-corrected chi connectivity index (χ4v) is 2.75. The molecule has 0 bridgehead atoms. The van der Waals surface area contributed by atoms with E-state index in [2.05, 4.69) is 4.99 Å². The van der Waals surface area contributed by atoms with Gasteiger partial charge in [-0.05, 0) is 13.0 Å². The minimum atomic E-state index is -1.02. The van der Waals surface area contributed by atoms with Crippen molar-refractivity contribution in [2.45, 2.75) is 18.9 Å². The molecule has 1 unspecified atom stereocenters. The number of hydrogen-bond acceptors (Lipinski definition) is 4. The molecule has 0 radical (unpaired) electrons. The number of thioether (sulfide) groups is 1. The molecule has 1 aliphatic heterocycles. The summed E-state index contributed by atoms with van der Waals surface area (Å²) in [4.78, 5) is 15.2. The van der Waals surface area contributed by atoms with E-state index in [0.717, 1.165) is 10.6 Å². The maximum Gasteiger partial charge on any atom is 0.332 e. The standard InChI is InChI=1S/C12H13NO3S/c1-12(11(15)16)7-17-10(13-12)6-8-4-2-3-5-9(8)14/h2-5,14H,6-7H2,1H3,(H,15,16). The molecule has 1 aliphatic rings. The Bertz CT molecular complexity index is 486. The number of benzene rings is 1. The van der Waals surface area contributed by atoms with Crippen LogP contribution in [0.4, 0.5) is 0 Å². The summed E-state index contributed by atoms with van der Waals surface area (Å²) in [6.45, 7) is 1.61. The summed E-state index contributed by atoms with van der Waals surface area (Å²) in [5.41, 5.74) is -0.252. The molecule has 0 aromatic heterocycles. The number of carbonyl (C=O) groups is 1. The Hall–Kier alpha value is -1.49. The molecule has 4 nitrogen and oxygen atoms in total. The van der Waals surface area contributed by atoms with Gasteiger partial charge in [-0.3, -0.25) is 4.99 Å². The van der Waals surface area contributed by atoms with Gasteiger partial charge in [-0.1, -0.05) is 18.2 Å². The second kappa shape index (κ2) is 4.41. The van der Waals surface area contributed by atoms with E-state index in [1.807, 2.05) is 12.1 Å². The van der Waals surface area contributed by atoms with Crippen molar-refractivity contribution in [3.63, 3.8) is 0 Å². The smallest absolute Gasteiger partial charge is 0.332 e. The zero-order valence-electron chi connectivity index (χ0n) is 9.38. The van der Waals surface area contributed by atoms with E-state index in [1.165, 1.54) is 11.8 Å². The number of para-hydroxylation sites is 1. The molecule has 0 saturated carbocycles. The summed E-state index contributed by atoms with van der Waals surface area (Å²) >= 11 is 1.44. The van der Waals surface area contributed by atoms with Gasteiger partial charge in [-0.15, -0.1) is 11.8 Å². The number of rotatable bonds is 3. The van der Waals surface area contributed by atoms with Gasteiger partial charge in [-0.2, -0.15) is 0 Å². The van der Waals surface area contributed by atoms with Crippen LogP contribution >= 0.6 is 11.8 Å². The van der Waals surface area contributed by atoms with E-state index in [4.69, 9.17) is 5.11 Å². The van der Waals surface area contributed by atoms with Gasteiger partial charge in [0.15, 0.2) is 5.54 Å². The first-order valence-corrected chi connectivity index (χ1v) is 6.21. The van der Waals surface area contributed by atoms with Gasteiger partial charge in [0, 0.05) is 17.7 Å². The van der Waals surface area contributed by atoms with E-state index in [-0.39, 0.29) is 5.75 Å². The van der Waals surface area contributed by atoms with Crippen molar-refractivity contribution in [3.8, 4) is 5.75 Å².